The molecule has 0 aliphatic carbocycles. The maximum Gasteiger partial charge on any atom is 0.331 e. The Balaban J connectivity index is 2.09. The molecule has 8 heteroatoms. The van der Waals surface area contributed by atoms with Crippen LogP contribution in [0.2, 0.25) is 5.15 Å². The minimum Gasteiger partial charge on any atom is -0.449 e. The predicted molar refractivity (Wildman–Crippen MR) is 101 cm³/mol. The van der Waals surface area contributed by atoms with Gasteiger partial charge in [-0.15, -0.1) is 0 Å². The van der Waals surface area contributed by atoms with Crippen molar-refractivity contribution in [2.24, 2.45) is 0 Å². The van der Waals surface area contributed by atoms with Gasteiger partial charge in [-0.1, -0.05) is 18.5 Å². The van der Waals surface area contributed by atoms with Crippen LogP contribution in [0.3, 0.4) is 0 Å². The van der Waals surface area contributed by atoms with E-state index in [4.69, 9.17) is 16.3 Å². The lowest BCUT2D eigenvalue weighted by Gasteiger charge is -2.11. The molecule has 0 spiro atoms. The molecule has 0 fully saturated rings. The zero-order chi connectivity index (χ0) is 20.0. The van der Waals surface area contributed by atoms with Crippen molar-refractivity contribution >= 4 is 29.6 Å². The van der Waals surface area contributed by atoms with Gasteiger partial charge in [0, 0.05) is 18.2 Å². The summed E-state index contributed by atoms with van der Waals surface area (Å²) in [5.74, 6) is -1.38. The lowest BCUT2D eigenvalue weighted by atomic mass is 10.2. The smallest absolute Gasteiger partial charge is 0.331 e. The maximum absolute atomic E-state index is 13.1. The highest BCUT2D eigenvalue weighted by Gasteiger charge is 2.17. The first kappa shape index (κ1) is 20.6. The Morgan fingerprint density at radius 2 is 2.04 bits per heavy atom. The summed E-state index contributed by atoms with van der Waals surface area (Å²) in [7, 11) is 0. The third kappa shape index (κ3) is 5.40. The number of benzene rings is 1. The van der Waals surface area contributed by atoms with E-state index < -0.39 is 12.1 Å². The van der Waals surface area contributed by atoms with Crippen LogP contribution in [-0.4, -0.2) is 34.3 Å². The van der Waals surface area contributed by atoms with Crippen molar-refractivity contribution in [3.8, 4) is 5.69 Å². The van der Waals surface area contributed by atoms with Gasteiger partial charge in [0.25, 0.3) is 5.91 Å². The summed E-state index contributed by atoms with van der Waals surface area (Å²) in [6.07, 6.45) is 2.56. The molecule has 1 aromatic heterocycles. The van der Waals surface area contributed by atoms with Crippen LogP contribution < -0.4 is 5.32 Å². The fourth-order valence-electron chi connectivity index (χ4n) is 2.26. The number of nitrogens with one attached hydrogen (secondary N) is 1. The Kier molecular flexibility index (Phi) is 7.12. The van der Waals surface area contributed by atoms with Gasteiger partial charge in [-0.2, -0.15) is 5.10 Å². The molecule has 0 unspecified atom stereocenters. The minimum atomic E-state index is -0.896. The average Bonchev–Trinajstić information content (AvgIpc) is 2.92. The topological polar surface area (TPSA) is 73.2 Å². The number of aryl methyl sites for hydroxylation is 1. The second kappa shape index (κ2) is 9.32. The molecule has 1 atom stereocenters. The van der Waals surface area contributed by atoms with Crippen LogP contribution in [0.5, 0.6) is 0 Å². The van der Waals surface area contributed by atoms with Crippen LogP contribution in [0.25, 0.3) is 11.8 Å². The molecular formula is C19H21ClFN3O3. The Morgan fingerprint density at radius 1 is 1.37 bits per heavy atom. The van der Waals surface area contributed by atoms with Crippen LogP contribution in [0.4, 0.5) is 4.39 Å². The van der Waals surface area contributed by atoms with Crippen LogP contribution in [-0.2, 0) is 14.3 Å². The molecule has 0 aliphatic heterocycles. The van der Waals surface area contributed by atoms with Gasteiger partial charge in [-0.3, -0.25) is 4.79 Å². The number of ether oxygens (including phenoxy) is 1. The van der Waals surface area contributed by atoms with Gasteiger partial charge in [0.05, 0.1) is 11.4 Å². The van der Waals surface area contributed by atoms with E-state index in [-0.39, 0.29) is 16.9 Å². The van der Waals surface area contributed by atoms with Crippen LogP contribution in [0.1, 0.15) is 31.5 Å². The van der Waals surface area contributed by atoms with Crippen molar-refractivity contribution in [2.45, 2.75) is 33.3 Å². The molecule has 0 saturated heterocycles. The number of amides is 1. The zero-order valence-electron chi connectivity index (χ0n) is 15.3. The van der Waals surface area contributed by atoms with Crippen molar-refractivity contribution < 1.29 is 18.7 Å². The Labute approximate surface area is 162 Å². The van der Waals surface area contributed by atoms with Crippen LogP contribution in [0.15, 0.2) is 30.3 Å². The van der Waals surface area contributed by atoms with Crippen molar-refractivity contribution in [2.75, 3.05) is 6.54 Å². The number of aromatic nitrogens is 2. The zero-order valence-corrected chi connectivity index (χ0v) is 16.1. The maximum atomic E-state index is 13.1. The fourth-order valence-corrected chi connectivity index (χ4v) is 2.60. The number of nitrogens with zero attached hydrogens (tertiary/aromatic N) is 2. The summed E-state index contributed by atoms with van der Waals surface area (Å²) in [4.78, 5) is 23.7. The van der Waals surface area contributed by atoms with Gasteiger partial charge in [0.1, 0.15) is 11.0 Å². The fraction of sp³-hybridized carbons (Fsp3) is 0.316. The number of esters is 1. The Hall–Kier alpha value is -2.67. The first-order valence-corrected chi connectivity index (χ1v) is 8.88. The molecule has 0 saturated carbocycles. The number of halogens is 2. The van der Waals surface area contributed by atoms with Gasteiger partial charge in [0.2, 0.25) is 0 Å². The van der Waals surface area contributed by atoms with Gasteiger partial charge in [0.15, 0.2) is 6.10 Å². The average molecular weight is 394 g/mol. The van der Waals surface area contributed by atoms with Crippen LogP contribution >= 0.6 is 11.6 Å². The molecule has 1 N–H and O–H groups in total. The lowest BCUT2D eigenvalue weighted by molar-refractivity contribution is -0.150. The highest BCUT2D eigenvalue weighted by atomic mass is 35.5. The van der Waals surface area contributed by atoms with E-state index in [0.717, 1.165) is 6.42 Å². The molecule has 0 bridgehead atoms. The monoisotopic (exact) mass is 393 g/mol. The second-order valence-electron chi connectivity index (χ2n) is 5.88. The lowest BCUT2D eigenvalue weighted by Crippen LogP contribution is -2.35. The number of carbonyl (C=O) groups excluding carboxylic acids is 2. The van der Waals surface area contributed by atoms with Crippen molar-refractivity contribution in [1.29, 1.82) is 0 Å². The number of hydrogen-bond acceptors (Lipinski definition) is 4. The first-order chi connectivity index (χ1) is 12.8. The minimum absolute atomic E-state index is 0.275. The SMILES string of the molecule is CCCNC(=O)[C@H](C)OC(=O)/C=C/c1c(C)nn(-c2ccc(F)cc2)c1Cl. The second-order valence-corrected chi connectivity index (χ2v) is 6.24. The Morgan fingerprint density at radius 3 is 2.67 bits per heavy atom. The molecule has 1 aromatic carbocycles. The van der Waals surface area contributed by atoms with E-state index in [1.165, 1.54) is 35.9 Å². The standard InChI is InChI=1S/C19H21ClFN3O3/c1-4-11-22-19(26)13(3)27-17(25)10-9-16-12(2)23-24(18(16)20)15-7-5-14(21)6-8-15/h5-10,13H,4,11H2,1-3H3,(H,22,26)/b10-9+/t13-/m0/s1. The van der Waals surface area contributed by atoms with E-state index in [2.05, 4.69) is 10.4 Å². The molecule has 1 heterocycles. The highest BCUT2D eigenvalue weighted by Crippen LogP contribution is 2.24. The highest BCUT2D eigenvalue weighted by molar-refractivity contribution is 6.31. The van der Waals surface area contributed by atoms with E-state index in [1.54, 1.807) is 19.1 Å². The van der Waals surface area contributed by atoms with Crippen molar-refractivity contribution in [1.82, 2.24) is 15.1 Å². The molecule has 0 aliphatic rings. The summed E-state index contributed by atoms with van der Waals surface area (Å²) in [6.45, 7) is 5.69. The number of hydrogen-bond donors (Lipinski definition) is 1. The van der Waals surface area contributed by atoms with Gasteiger partial charge in [-0.25, -0.2) is 13.9 Å². The van der Waals surface area contributed by atoms with E-state index in [9.17, 15) is 14.0 Å². The Bertz CT molecular complexity index is 847. The van der Waals surface area contributed by atoms with Gasteiger partial charge < -0.3 is 10.1 Å². The quantitative estimate of drug-likeness (QED) is 0.577. The predicted octanol–water partition coefficient (Wildman–Crippen LogP) is 3.44. The summed E-state index contributed by atoms with van der Waals surface area (Å²) in [5.41, 5.74) is 1.70. The van der Waals surface area contributed by atoms with E-state index in [1.807, 2.05) is 6.92 Å². The third-order valence-electron chi connectivity index (χ3n) is 3.72. The summed E-state index contributed by atoms with van der Waals surface area (Å²) >= 11 is 6.34. The molecule has 0 radical (unpaired) electrons. The molecule has 2 rings (SSSR count). The van der Waals surface area contributed by atoms with Crippen molar-refractivity contribution in [3.05, 3.63) is 52.6 Å². The van der Waals surface area contributed by atoms with E-state index in [0.29, 0.717) is 23.5 Å². The summed E-state index contributed by atoms with van der Waals surface area (Å²) < 4.78 is 19.6. The molecule has 1 amide bonds. The third-order valence-corrected chi connectivity index (χ3v) is 4.08. The van der Waals surface area contributed by atoms with Gasteiger partial charge >= 0.3 is 5.97 Å². The molecule has 144 valence electrons. The molecule has 27 heavy (non-hydrogen) atoms. The van der Waals surface area contributed by atoms with Crippen LogP contribution in [0, 0.1) is 12.7 Å². The molecular weight excluding hydrogens is 373 g/mol. The normalized spacial score (nSPS) is 12.2. The first-order valence-electron chi connectivity index (χ1n) is 8.51. The molecule has 6 nitrogen and oxygen atoms in total. The summed E-state index contributed by atoms with van der Waals surface area (Å²) in [5, 5.41) is 7.23. The number of carbonyl (C=O) groups is 2. The largest absolute Gasteiger partial charge is 0.449 e. The van der Waals surface area contributed by atoms with E-state index >= 15 is 0 Å². The molecule has 2 aromatic rings. The van der Waals surface area contributed by atoms with Gasteiger partial charge in [-0.05, 0) is 50.6 Å². The van der Waals surface area contributed by atoms with Crippen molar-refractivity contribution in [3.63, 3.8) is 0 Å². The summed E-state index contributed by atoms with van der Waals surface area (Å²) in [6, 6.07) is 5.71. The number of rotatable bonds is 7.